The van der Waals surface area contributed by atoms with E-state index in [0.29, 0.717) is 19.1 Å². The fourth-order valence-corrected chi connectivity index (χ4v) is 2.57. The zero-order valence-electron chi connectivity index (χ0n) is 11.3. The van der Waals surface area contributed by atoms with E-state index in [1.165, 1.54) is 25.7 Å². The van der Waals surface area contributed by atoms with Gasteiger partial charge in [-0.3, -0.25) is 0 Å². The van der Waals surface area contributed by atoms with Crippen molar-refractivity contribution in [2.24, 2.45) is 5.92 Å². The van der Waals surface area contributed by atoms with Gasteiger partial charge in [-0.05, 0) is 52.6 Å². The predicted molar refractivity (Wildman–Crippen MR) is 68.6 cm³/mol. The van der Waals surface area contributed by atoms with Crippen LogP contribution in [-0.4, -0.2) is 48.8 Å². The Hall–Kier alpha value is -0.120. The summed E-state index contributed by atoms with van der Waals surface area (Å²) in [5.41, 5.74) is -0.618. The van der Waals surface area contributed by atoms with Gasteiger partial charge >= 0.3 is 0 Å². The van der Waals surface area contributed by atoms with Gasteiger partial charge in [0.05, 0.1) is 5.60 Å². The summed E-state index contributed by atoms with van der Waals surface area (Å²) in [6, 6.07) is 0.616. The first-order valence-electron chi connectivity index (χ1n) is 6.49. The van der Waals surface area contributed by atoms with Crippen molar-refractivity contribution in [2.45, 2.75) is 51.2 Å². The van der Waals surface area contributed by atoms with Gasteiger partial charge in [-0.1, -0.05) is 6.92 Å². The van der Waals surface area contributed by atoms with Crippen molar-refractivity contribution in [3.8, 4) is 0 Å². The van der Waals surface area contributed by atoms with Crippen LogP contribution in [0.1, 0.15) is 39.5 Å². The molecule has 1 rings (SSSR count). The Morgan fingerprint density at radius 2 is 1.81 bits per heavy atom. The highest BCUT2D eigenvalue weighted by Gasteiger charge is 2.24. The van der Waals surface area contributed by atoms with Crippen LogP contribution in [-0.2, 0) is 0 Å². The minimum atomic E-state index is -0.618. The fourth-order valence-electron chi connectivity index (χ4n) is 2.57. The molecule has 0 radical (unpaired) electrons. The monoisotopic (exact) mass is 228 g/mol. The van der Waals surface area contributed by atoms with Crippen molar-refractivity contribution in [1.29, 1.82) is 0 Å². The molecule has 96 valence electrons. The van der Waals surface area contributed by atoms with E-state index in [9.17, 15) is 5.11 Å². The molecule has 1 aliphatic rings. The van der Waals surface area contributed by atoms with Gasteiger partial charge < -0.3 is 15.3 Å². The Kier molecular flexibility index (Phi) is 5.22. The molecule has 0 aromatic rings. The van der Waals surface area contributed by atoms with Crippen LogP contribution < -0.4 is 5.32 Å². The van der Waals surface area contributed by atoms with Gasteiger partial charge in [0.1, 0.15) is 0 Å². The number of rotatable bonds is 5. The molecule has 0 spiro atoms. The first kappa shape index (κ1) is 13.9. The van der Waals surface area contributed by atoms with Gasteiger partial charge in [-0.2, -0.15) is 0 Å². The molecule has 2 N–H and O–H groups in total. The molecular formula is C13H28N2O. The van der Waals surface area contributed by atoms with E-state index in [1.807, 2.05) is 25.9 Å². The highest BCUT2D eigenvalue weighted by atomic mass is 16.3. The van der Waals surface area contributed by atoms with Gasteiger partial charge in [0.15, 0.2) is 0 Å². The van der Waals surface area contributed by atoms with Crippen molar-refractivity contribution in [1.82, 2.24) is 10.2 Å². The number of likely N-dealkylation sites (N-methyl/N-ethyl adjacent to an activating group) is 1. The smallest absolute Gasteiger partial charge is 0.0869 e. The van der Waals surface area contributed by atoms with Crippen molar-refractivity contribution in [2.75, 3.05) is 27.2 Å². The topological polar surface area (TPSA) is 35.5 Å². The van der Waals surface area contributed by atoms with Gasteiger partial charge in [0.2, 0.25) is 0 Å². The summed E-state index contributed by atoms with van der Waals surface area (Å²) in [7, 11) is 3.99. The van der Waals surface area contributed by atoms with Crippen LogP contribution in [0.5, 0.6) is 0 Å². The Morgan fingerprint density at radius 1 is 1.25 bits per heavy atom. The maximum absolute atomic E-state index is 10.2. The second-order valence-corrected chi connectivity index (χ2v) is 6.07. The SMILES string of the molecule is CC1CCC(NCC(C)(O)CN(C)C)CC1. The van der Waals surface area contributed by atoms with Crippen LogP contribution in [0.2, 0.25) is 0 Å². The molecule has 0 amide bonds. The van der Waals surface area contributed by atoms with Crippen LogP contribution in [0.4, 0.5) is 0 Å². The summed E-state index contributed by atoms with van der Waals surface area (Å²) >= 11 is 0. The molecule has 3 nitrogen and oxygen atoms in total. The molecule has 0 bridgehead atoms. The Balaban J connectivity index is 2.23. The Morgan fingerprint density at radius 3 is 2.31 bits per heavy atom. The number of nitrogens with zero attached hydrogens (tertiary/aromatic N) is 1. The first-order valence-corrected chi connectivity index (χ1v) is 6.49. The standard InChI is InChI=1S/C13H28N2O/c1-11-5-7-12(8-6-11)14-9-13(2,16)10-15(3)4/h11-12,14,16H,5-10H2,1-4H3. The molecule has 1 saturated carbocycles. The second kappa shape index (κ2) is 5.99. The molecule has 0 saturated heterocycles. The van der Waals surface area contributed by atoms with Crippen molar-refractivity contribution < 1.29 is 5.11 Å². The van der Waals surface area contributed by atoms with E-state index >= 15 is 0 Å². The summed E-state index contributed by atoms with van der Waals surface area (Å²) in [6.07, 6.45) is 5.18. The second-order valence-electron chi connectivity index (χ2n) is 6.07. The fraction of sp³-hybridized carbons (Fsp3) is 1.00. The summed E-state index contributed by atoms with van der Waals surface area (Å²) < 4.78 is 0. The number of hydrogen-bond donors (Lipinski definition) is 2. The lowest BCUT2D eigenvalue weighted by Crippen LogP contribution is -2.48. The quantitative estimate of drug-likeness (QED) is 0.748. The normalized spacial score (nSPS) is 30.4. The van der Waals surface area contributed by atoms with Crippen LogP contribution in [0, 0.1) is 5.92 Å². The van der Waals surface area contributed by atoms with E-state index in [2.05, 4.69) is 12.2 Å². The molecule has 0 aromatic carbocycles. The molecule has 1 atom stereocenters. The summed E-state index contributed by atoms with van der Waals surface area (Å²) in [4.78, 5) is 2.03. The molecule has 1 unspecified atom stereocenters. The third-order valence-electron chi connectivity index (χ3n) is 3.44. The summed E-state index contributed by atoms with van der Waals surface area (Å²) in [6.45, 7) is 5.65. The largest absolute Gasteiger partial charge is 0.388 e. The van der Waals surface area contributed by atoms with Gasteiger partial charge in [-0.15, -0.1) is 0 Å². The zero-order chi connectivity index (χ0) is 12.2. The van der Waals surface area contributed by atoms with E-state index in [0.717, 1.165) is 5.92 Å². The minimum absolute atomic E-state index is 0.616. The van der Waals surface area contributed by atoms with Crippen LogP contribution in [0.15, 0.2) is 0 Å². The number of aliphatic hydroxyl groups is 1. The van der Waals surface area contributed by atoms with Gasteiger partial charge in [0.25, 0.3) is 0 Å². The first-order chi connectivity index (χ1) is 7.39. The van der Waals surface area contributed by atoms with E-state index in [-0.39, 0.29) is 0 Å². The van der Waals surface area contributed by atoms with Gasteiger partial charge in [0, 0.05) is 19.1 Å². The van der Waals surface area contributed by atoms with Gasteiger partial charge in [-0.25, -0.2) is 0 Å². The molecular weight excluding hydrogens is 200 g/mol. The highest BCUT2D eigenvalue weighted by molar-refractivity contribution is 4.82. The Labute approximate surface area is 100 Å². The summed E-state index contributed by atoms with van der Waals surface area (Å²) in [5.74, 6) is 0.889. The van der Waals surface area contributed by atoms with E-state index in [1.54, 1.807) is 0 Å². The molecule has 0 heterocycles. The molecule has 0 aromatic heterocycles. The zero-order valence-corrected chi connectivity index (χ0v) is 11.3. The lowest BCUT2D eigenvalue weighted by Gasteiger charge is -2.32. The highest BCUT2D eigenvalue weighted by Crippen LogP contribution is 2.23. The van der Waals surface area contributed by atoms with Crippen LogP contribution in [0.3, 0.4) is 0 Å². The van der Waals surface area contributed by atoms with E-state index < -0.39 is 5.60 Å². The van der Waals surface area contributed by atoms with Crippen molar-refractivity contribution in [3.05, 3.63) is 0 Å². The third kappa shape index (κ3) is 5.28. The maximum Gasteiger partial charge on any atom is 0.0869 e. The van der Waals surface area contributed by atoms with Crippen molar-refractivity contribution >= 4 is 0 Å². The predicted octanol–water partition coefficient (Wildman–Crippen LogP) is 1.47. The van der Waals surface area contributed by atoms with Crippen LogP contribution in [0.25, 0.3) is 0 Å². The number of hydrogen-bond acceptors (Lipinski definition) is 3. The van der Waals surface area contributed by atoms with Crippen molar-refractivity contribution in [3.63, 3.8) is 0 Å². The molecule has 1 fully saturated rings. The average molecular weight is 228 g/mol. The lowest BCUT2D eigenvalue weighted by atomic mass is 9.87. The van der Waals surface area contributed by atoms with Crippen LogP contribution >= 0.6 is 0 Å². The lowest BCUT2D eigenvalue weighted by molar-refractivity contribution is 0.0297. The minimum Gasteiger partial charge on any atom is -0.388 e. The number of nitrogens with one attached hydrogen (secondary N) is 1. The summed E-state index contributed by atoms with van der Waals surface area (Å²) in [5, 5.41) is 13.7. The average Bonchev–Trinajstić information content (AvgIpc) is 2.15. The maximum atomic E-state index is 10.2. The molecule has 0 aliphatic heterocycles. The molecule has 3 heteroatoms. The molecule has 16 heavy (non-hydrogen) atoms. The molecule has 1 aliphatic carbocycles. The van der Waals surface area contributed by atoms with E-state index in [4.69, 9.17) is 0 Å². The Bertz CT molecular complexity index is 196. The third-order valence-corrected chi connectivity index (χ3v) is 3.44.